The average molecular weight is 458 g/mol. The van der Waals surface area contributed by atoms with E-state index in [1.807, 2.05) is 36.4 Å². The van der Waals surface area contributed by atoms with E-state index < -0.39 is 6.23 Å². The van der Waals surface area contributed by atoms with Crippen molar-refractivity contribution >= 4 is 46.3 Å². The second-order valence-corrected chi connectivity index (χ2v) is 8.44. The van der Waals surface area contributed by atoms with E-state index in [-0.39, 0.29) is 11.8 Å². The molecule has 2 atom stereocenters. The van der Waals surface area contributed by atoms with Crippen LogP contribution in [0, 0.1) is 0 Å². The van der Waals surface area contributed by atoms with Gasteiger partial charge in [0, 0.05) is 27.6 Å². The summed E-state index contributed by atoms with van der Waals surface area (Å²) in [6, 6.07) is 19.8. The Morgan fingerprint density at radius 2 is 1.70 bits per heavy atom. The first kappa shape index (κ1) is 19.4. The van der Waals surface area contributed by atoms with Gasteiger partial charge in [0.1, 0.15) is 5.75 Å². The molecule has 3 aromatic rings. The minimum absolute atomic E-state index is 0.207. The van der Waals surface area contributed by atoms with E-state index in [1.165, 1.54) is 0 Å². The Labute approximate surface area is 188 Å². The van der Waals surface area contributed by atoms with Crippen molar-refractivity contribution in [3.05, 3.63) is 98.5 Å². The summed E-state index contributed by atoms with van der Waals surface area (Å²) < 4.78 is 6.11. The molecule has 0 amide bonds. The Kier molecular flexibility index (Phi) is 4.94. The van der Waals surface area contributed by atoms with Crippen LogP contribution in [-0.4, -0.2) is 22.7 Å². The van der Waals surface area contributed by atoms with Gasteiger partial charge < -0.3 is 4.74 Å². The molecular weight excluding hydrogens is 443 g/mol. The lowest BCUT2D eigenvalue weighted by atomic mass is 9.95. The molecule has 5 rings (SSSR count). The van der Waals surface area contributed by atoms with Crippen LogP contribution in [0.3, 0.4) is 0 Å². The number of Topliss-reactive ketones (excluding diaryl/α,β-unsaturated/α-hetero) is 1. The first-order valence-corrected chi connectivity index (χ1v) is 10.5. The van der Waals surface area contributed by atoms with E-state index in [0.717, 1.165) is 16.8 Å². The van der Waals surface area contributed by atoms with Crippen molar-refractivity contribution in [2.45, 2.75) is 18.7 Å². The topological polar surface area (TPSA) is 41.9 Å². The molecule has 0 N–H and O–H groups in total. The zero-order valence-corrected chi connectivity index (χ0v) is 17.8. The Morgan fingerprint density at radius 1 is 0.967 bits per heavy atom. The van der Waals surface area contributed by atoms with Crippen molar-refractivity contribution in [2.24, 2.45) is 5.10 Å². The molecule has 0 radical (unpaired) electrons. The Morgan fingerprint density at radius 3 is 2.43 bits per heavy atom. The molecular formula is C23H15Cl3N2O2. The molecule has 0 unspecified atom stereocenters. The number of benzene rings is 3. The maximum Gasteiger partial charge on any atom is 0.251 e. The van der Waals surface area contributed by atoms with E-state index in [0.29, 0.717) is 32.8 Å². The number of nitrogens with zero attached hydrogens (tertiary/aromatic N) is 2. The third kappa shape index (κ3) is 3.35. The second kappa shape index (κ2) is 7.62. The van der Waals surface area contributed by atoms with Crippen LogP contribution in [0.15, 0.2) is 71.8 Å². The molecule has 3 aromatic carbocycles. The predicted octanol–water partition coefficient (Wildman–Crippen LogP) is 6.40. The fourth-order valence-corrected chi connectivity index (χ4v) is 4.53. The molecule has 0 bridgehead atoms. The lowest BCUT2D eigenvalue weighted by molar-refractivity contribution is -0.00447. The highest BCUT2D eigenvalue weighted by molar-refractivity contribution is 6.35. The summed E-state index contributed by atoms with van der Waals surface area (Å²) in [6.07, 6.45) is -0.329. The summed E-state index contributed by atoms with van der Waals surface area (Å²) in [4.78, 5) is 13.3. The minimum Gasteiger partial charge on any atom is -0.459 e. The molecule has 0 aromatic heterocycles. The van der Waals surface area contributed by atoms with E-state index in [2.05, 4.69) is 0 Å². The van der Waals surface area contributed by atoms with Crippen LogP contribution in [0.2, 0.25) is 15.1 Å². The third-order valence-corrected chi connectivity index (χ3v) is 6.02. The van der Waals surface area contributed by atoms with Gasteiger partial charge in [0.25, 0.3) is 6.23 Å². The number of hydrazone groups is 1. The molecule has 0 aliphatic carbocycles. The summed E-state index contributed by atoms with van der Waals surface area (Å²) in [5.41, 5.74) is 3.18. The van der Waals surface area contributed by atoms with Gasteiger partial charge in [0.05, 0.1) is 16.8 Å². The molecule has 7 heteroatoms. The highest BCUT2D eigenvalue weighted by Crippen LogP contribution is 2.47. The monoisotopic (exact) mass is 456 g/mol. The molecule has 30 heavy (non-hydrogen) atoms. The summed E-state index contributed by atoms with van der Waals surface area (Å²) >= 11 is 18.7. The standard InChI is InChI=1S/C23H15Cl3N2O2/c24-15-8-6-14(7-9-15)21(29)23-28-20(12-19(27-28)13-4-2-1-3-5-13)17-10-16(25)11-18(26)22(17)30-23/h1-11,20,23H,12H2/t20-,23-/m0/s1. The molecule has 2 heterocycles. The van der Waals surface area contributed by atoms with Gasteiger partial charge >= 0.3 is 0 Å². The molecule has 150 valence electrons. The SMILES string of the molecule is O=C(c1ccc(Cl)cc1)[C@@H]1Oc2c(Cl)cc(Cl)cc2[C@@H]2CC(c3ccccc3)=NN12. The van der Waals surface area contributed by atoms with E-state index in [9.17, 15) is 4.79 Å². The Bertz CT molecular complexity index is 1160. The van der Waals surface area contributed by atoms with Crippen molar-refractivity contribution in [2.75, 3.05) is 0 Å². The molecule has 0 saturated heterocycles. The lowest BCUT2D eigenvalue weighted by Gasteiger charge is -2.37. The molecule has 2 aliphatic heterocycles. The summed E-state index contributed by atoms with van der Waals surface area (Å²) in [5.74, 6) is 0.255. The van der Waals surface area contributed by atoms with Gasteiger partial charge in [-0.15, -0.1) is 0 Å². The normalized spacial score (nSPS) is 19.6. The van der Waals surface area contributed by atoms with Crippen molar-refractivity contribution in [1.29, 1.82) is 0 Å². The highest BCUT2D eigenvalue weighted by Gasteiger charge is 2.44. The summed E-state index contributed by atoms with van der Waals surface area (Å²) in [7, 11) is 0. The highest BCUT2D eigenvalue weighted by atomic mass is 35.5. The predicted molar refractivity (Wildman–Crippen MR) is 119 cm³/mol. The zero-order valence-electron chi connectivity index (χ0n) is 15.6. The van der Waals surface area contributed by atoms with Gasteiger partial charge in [-0.3, -0.25) is 4.79 Å². The third-order valence-electron chi connectivity index (χ3n) is 5.27. The number of halogens is 3. The Hall–Kier alpha value is -2.53. The lowest BCUT2D eigenvalue weighted by Crippen LogP contribution is -2.46. The summed E-state index contributed by atoms with van der Waals surface area (Å²) in [6.45, 7) is 0. The van der Waals surface area contributed by atoms with Crippen LogP contribution in [0.5, 0.6) is 5.75 Å². The number of ketones is 1. The number of carbonyl (C=O) groups is 1. The fourth-order valence-electron chi connectivity index (χ4n) is 3.85. The summed E-state index contributed by atoms with van der Waals surface area (Å²) in [5, 5.41) is 7.94. The number of carbonyl (C=O) groups excluding carboxylic acids is 1. The van der Waals surface area contributed by atoms with Gasteiger partial charge in [-0.25, -0.2) is 5.01 Å². The second-order valence-electron chi connectivity index (χ2n) is 7.16. The van der Waals surface area contributed by atoms with Crippen LogP contribution < -0.4 is 4.74 Å². The van der Waals surface area contributed by atoms with E-state index in [1.54, 1.807) is 35.3 Å². The number of hydrogen-bond donors (Lipinski definition) is 0. The van der Waals surface area contributed by atoms with Gasteiger partial charge in [0.2, 0.25) is 5.78 Å². The number of hydrogen-bond acceptors (Lipinski definition) is 4. The fraction of sp³-hybridized carbons (Fsp3) is 0.130. The zero-order chi connectivity index (χ0) is 20.8. The van der Waals surface area contributed by atoms with Crippen LogP contribution in [0.4, 0.5) is 0 Å². The molecule has 2 aliphatic rings. The van der Waals surface area contributed by atoms with Crippen LogP contribution in [-0.2, 0) is 0 Å². The van der Waals surface area contributed by atoms with Crippen LogP contribution >= 0.6 is 34.8 Å². The molecule has 0 saturated carbocycles. The smallest absolute Gasteiger partial charge is 0.251 e. The van der Waals surface area contributed by atoms with Gasteiger partial charge in [0.15, 0.2) is 0 Å². The van der Waals surface area contributed by atoms with Crippen LogP contribution in [0.25, 0.3) is 0 Å². The van der Waals surface area contributed by atoms with E-state index >= 15 is 0 Å². The number of ether oxygens (including phenoxy) is 1. The van der Waals surface area contributed by atoms with Crippen molar-refractivity contribution < 1.29 is 9.53 Å². The molecule has 4 nitrogen and oxygen atoms in total. The van der Waals surface area contributed by atoms with Crippen molar-refractivity contribution in [1.82, 2.24) is 5.01 Å². The first-order chi connectivity index (χ1) is 14.5. The van der Waals surface area contributed by atoms with Crippen LogP contribution in [0.1, 0.15) is 33.9 Å². The van der Waals surface area contributed by atoms with E-state index in [4.69, 9.17) is 44.6 Å². The van der Waals surface area contributed by atoms with Crippen molar-refractivity contribution in [3.63, 3.8) is 0 Å². The van der Waals surface area contributed by atoms with Gasteiger partial charge in [-0.2, -0.15) is 5.10 Å². The number of fused-ring (bicyclic) bond motifs is 3. The Balaban J connectivity index is 1.60. The largest absolute Gasteiger partial charge is 0.459 e. The molecule has 0 spiro atoms. The van der Waals surface area contributed by atoms with Crippen molar-refractivity contribution in [3.8, 4) is 5.75 Å². The van der Waals surface area contributed by atoms with Gasteiger partial charge in [-0.05, 0) is 42.0 Å². The minimum atomic E-state index is -0.941. The average Bonchev–Trinajstić information content (AvgIpc) is 3.20. The maximum absolute atomic E-state index is 13.3. The number of rotatable bonds is 3. The molecule has 0 fully saturated rings. The quantitative estimate of drug-likeness (QED) is 0.427. The first-order valence-electron chi connectivity index (χ1n) is 9.38. The maximum atomic E-state index is 13.3. The van der Waals surface area contributed by atoms with Gasteiger partial charge in [-0.1, -0.05) is 65.1 Å².